The average Bonchev–Trinajstić information content (AvgIpc) is 2.35. The lowest BCUT2D eigenvalue weighted by Crippen LogP contribution is -1.90. The molecule has 0 saturated heterocycles. The van der Waals surface area contributed by atoms with Crippen molar-refractivity contribution in [2.24, 2.45) is 9.98 Å². The van der Waals surface area contributed by atoms with E-state index in [-0.39, 0.29) is 6.79 Å². The van der Waals surface area contributed by atoms with Gasteiger partial charge >= 0.3 is 0 Å². The first kappa shape index (κ1) is 6.15. The Morgan fingerprint density at radius 1 is 1.00 bits per heavy atom. The molecule has 0 unspecified atom stereocenters. The normalized spacial score (nSPS) is 20.4. The highest BCUT2D eigenvalue weighted by molar-refractivity contribution is 5.89. The van der Waals surface area contributed by atoms with Crippen LogP contribution in [0.25, 0.3) is 0 Å². The van der Waals surface area contributed by atoms with E-state index in [1.54, 1.807) is 24.8 Å². The van der Waals surface area contributed by atoms with Crippen molar-refractivity contribution < 1.29 is 9.47 Å². The molecule has 2 aliphatic heterocycles. The first-order chi connectivity index (χ1) is 5.47. The van der Waals surface area contributed by atoms with Crippen molar-refractivity contribution in [3.05, 3.63) is 23.9 Å². The topological polar surface area (TPSA) is 43.2 Å². The minimum absolute atomic E-state index is 0.253. The van der Waals surface area contributed by atoms with E-state index in [1.165, 1.54) is 0 Å². The summed E-state index contributed by atoms with van der Waals surface area (Å²) in [6.07, 6.45) is 6.37. The van der Waals surface area contributed by atoms with Gasteiger partial charge in [-0.15, -0.1) is 0 Å². The summed E-state index contributed by atoms with van der Waals surface area (Å²) in [7, 11) is 0. The summed E-state index contributed by atoms with van der Waals surface area (Å²) in [5, 5.41) is 0. The summed E-state index contributed by atoms with van der Waals surface area (Å²) in [6, 6.07) is 0. The van der Waals surface area contributed by atoms with Crippen LogP contribution in [0, 0.1) is 0 Å². The number of nitrogens with zero attached hydrogens (tertiary/aromatic N) is 2. The lowest BCUT2D eigenvalue weighted by atomic mass is 10.4. The number of hydrogen-bond acceptors (Lipinski definition) is 4. The molecule has 4 heteroatoms. The lowest BCUT2D eigenvalue weighted by molar-refractivity contribution is 0.0823. The molecule has 2 heterocycles. The molecule has 0 radical (unpaired) electrons. The van der Waals surface area contributed by atoms with Gasteiger partial charge in [0.05, 0.1) is 12.4 Å². The minimum atomic E-state index is 0.253. The van der Waals surface area contributed by atoms with Crippen molar-refractivity contribution in [1.29, 1.82) is 0 Å². The highest BCUT2D eigenvalue weighted by atomic mass is 16.7. The quantitative estimate of drug-likeness (QED) is 0.513. The zero-order chi connectivity index (χ0) is 7.52. The molecule has 0 bridgehead atoms. The zero-order valence-electron chi connectivity index (χ0n) is 5.73. The van der Waals surface area contributed by atoms with Crippen molar-refractivity contribution in [1.82, 2.24) is 0 Å². The van der Waals surface area contributed by atoms with Crippen LogP contribution in [0.2, 0.25) is 0 Å². The SMILES string of the molecule is C1=CN=CC2=C(C=N1)OCO2. The second kappa shape index (κ2) is 2.57. The van der Waals surface area contributed by atoms with E-state index >= 15 is 0 Å². The molecule has 0 atom stereocenters. The minimum Gasteiger partial charge on any atom is -0.452 e. The third-order valence-corrected chi connectivity index (χ3v) is 1.29. The Hall–Kier alpha value is -1.58. The molecular weight excluding hydrogens is 144 g/mol. The van der Waals surface area contributed by atoms with Gasteiger partial charge in [-0.3, -0.25) is 9.98 Å². The van der Waals surface area contributed by atoms with Gasteiger partial charge in [0, 0.05) is 12.4 Å². The van der Waals surface area contributed by atoms with Crippen LogP contribution in [0.1, 0.15) is 0 Å². The van der Waals surface area contributed by atoms with Gasteiger partial charge in [-0.05, 0) is 0 Å². The van der Waals surface area contributed by atoms with E-state index in [9.17, 15) is 0 Å². The molecule has 0 amide bonds. The third kappa shape index (κ3) is 1.14. The Bertz CT molecular complexity index is 250. The van der Waals surface area contributed by atoms with Crippen molar-refractivity contribution in [2.75, 3.05) is 6.79 Å². The Labute approximate surface area is 63.6 Å². The fraction of sp³-hybridized carbons (Fsp3) is 0.143. The van der Waals surface area contributed by atoms with Gasteiger partial charge in [0.1, 0.15) is 0 Å². The highest BCUT2D eigenvalue weighted by Gasteiger charge is 2.13. The van der Waals surface area contributed by atoms with Crippen LogP contribution in [0.4, 0.5) is 0 Å². The standard InChI is InChI=1S/C7H6N2O2/c1-2-9-4-7-6(3-8-1)10-5-11-7/h1-4H,5H2. The van der Waals surface area contributed by atoms with E-state index in [2.05, 4.69) is 9.98 Å². The lowest BCUT2D eigenvalue weighted by Gasteiger charge is -1.91. The predicted molar refractivity (Wildman–Crippen MR) is 40.2 cm³/mol. The van der Waals surface area contributed by atoms with Crippen molar-refractivity contribution >= 4 is 12.4 Å². The molecule has 0 aromatic heterocycles. The van der Waals surface area contributed by atoms with Gasteiger partial charge in [-0.2, -0.15) is 0 Å². The molecular formula is C7H6N2O2. The van der Waals surface area contributed by atoms with E-state index in [1.807, 2.05) is 0 Å². The van der Waals surface area contributed by atoms with E-state index in [0.29, 0.717) is 11.5 Å². The maximum atomic E-state index is 5.08. The number of allylic oxidation sites excluding steroid dienone is 2. The summed E-state index contributed by atoms with van der Waals surface area (Å²) in [6.45, 7) is 0.253. The number of rotatable bonds is 0. The van der Waals surface area contributed by atoms with E-state index in [0.717, 1.165) is 0 Å². The monoisotopic (exact) mass is 150 g/mol. The molecule has 0 N–H and O–H groups in total. The van der Waals surface area contributed by atoms with Gasteiger partial charge in [0.2, 0.25) is 6.79 Å². The number of ether oxygens (including phenoxy) is 2. The predicted octanol–water partition coefficient (Wildman–Crippen LogP) is 0.829. The van der Waals surface area contributed by atoms with E-state index < -0.39 is 0 Å². The Balaban J connectivity index is 2.33. The van der Waals surface area contributed by atoms with Crippen LogP contribution >= 0.6 is 0 Å². The Kier molecular flexibility index (Phi) is 1.44. The Morgan fingerprint density at radius 2 is 1.55 bits per heavy atom. The summed E-state index contributed by atoms with van der Waals surface area (Å²) in [5.41, 5.74) is 0. The van der Waals surface area contributed by atoms with Gasteiger partial charge in [-0.1, -0.05) is 0 Å². The maximum absolute atomic E-state index is 5.08. The molecule has 0 saturated carbocycles. The highest BCUT2D eigenvalue weighted by Crippen LogP contribution is 2.13. The molecule has 11 heavy (non-hydrogen) atoms. The molecule has 2 aliphatic rings. The largest absolute Gasteiger partial charge is 0.452 e. The summed E-state index contributed by atoms with van der Waals surface area (Å²) in [4.78, 5) is 7.78. The Morgan fingerprint density at radius 3 is 2.09 bits per heavy atom. The molecule has 4 nitrogen and oxygen atoms in total. The second-order valence-electron chi connectivity index (χ2n) is 1.99. The van der Waals surface area contributed by atoms with Gasteiger partial charge in [0.15, 0.2) is 11.5 Å². The first-order valence-corrected chi connectivity index (χ1v) is 3.18. The van der Waals surface area contributed by atoms with Crippen LogP contribution in [0.5, 0.6) is 0 Å². The summed E-state index contributed by atoms with van der Waals surface area (Å²) < 4.78 is 10.2. The summed E-state index contributed by atoms with van der Waals surface area (Å²) >= 11 is 0. The molecule has 0 spiro atoms. The van der Waals surface area contributed by atoms with Gasteiger partial charge in [-0.25, -0.2) is 0 Å². The van der Waals surface area contributed by atoms with Crippen LogP contribution in [-0.4, -0.2) is 19.2 Å². The number of hydrogen-bond donors (Lipinski definition) is 0. The third-order valence-electron chi connectivity index (χ3n) is 1.29. The van der Waals surface area contributed by atoms with Gasteiger partial charge < -0.3 is 9.47 Å². The molecule has 0 aliphatic carbocycles. The molecule has 0 aromatic rings. The van der Waals surface area contributed by atoms with Crippen LogP contribution in [-0.2, 0) is 9.47 Å². The molecule has 2 rings (SSSR count). The second-order valence-corrected chi connectivity index (χ2v) is 1.99. The van der Waals surface area contributed by atoms with Crippen molar-refractivity contribution in [3.63, 3.8) is 0 Å². The van der Waals surface area contributed by atoms with Crippen LogP contribution in [0.3, 0.4) is 0 Å². The fourth-order valence-corrected chi connectivity index (χ4v) is 0.799. The zero-order valence-corrected chi connectivity index (χ0v) is 5.73. The molecule has 56 valence electrons. The summed E-state index contributed by atoms with van der Waals surface area (Å²) in [5.74, 6) is 1.27. The van der Waals surface area contributed by atoms with Crippen LogP contribution < -0.4 is 0 Å². The average molecular weight is 150 g/mol. The first-order valence-electron chi connectivity index (χ1n) is 3.18. The van der Waals surface area contributed by atoms with E-state index in [4.69, 9.17) is 9.47 Å². The number of aliphatic imine (C=N–C) groups is 2. The molecule has 0 fully saturated rings. The van der Waals surface area contributed by atoms with Crippen molar-refractivity contribution in [2.45, 2.75) is 0 Å². The maximum Gasteiger partial charge on any atom is 0.231 e. The van der Waals surface area contributed by atoms with Crippen LogP contribution in [0.15, 0.2) is 33.9 Å². The van der Waals surface area contributed by atoms with Crippen molar-refractivity contribution in [3.8, 4) is 0 Å². The smallest absolute Gasteiger partial charge is 0.231 e. The fourth-order valence-electron chi connectivity index (χ4n) is 0.799. The van der Waals surface area contributed by atoms with Gasteiger partial charge in [0.25, 0.3) is 0 Å². The molecule has 0 aromatic carbocycles.